The molecular weight excluding hydrogens is 140 g/mol. The molecule has 0 radical (unpaired) electrons. The minimum atomic E-state index is 0.350. The molecule has 1 saturated heterocycles. The van der Waals surface area contributed by atoms with Gasteiger partial charge in [0.05, 0.1) is 25.3 Å². The highest BCUT2D eigenvalue weighted by Gasteiger charge is 2.35. The Bertz CT molecular complexity index is 187. The van der Waals surface area contributed by atoms with E-state index in [0.717, 1.165) is 26.0 Å². The largest absolute Gasteiger partial charge is 0.374 e. The van der Waals surface area contributed by atoms with Crippen molar-refractivity contribution in [2.24, 2.45) is 0 Å². The molecule has 3 heteroatoms. The van der Waals surface area contributed by atoms with Crippen molar-refractivity contribution in [3.8, 4) is 6.19 Å². The average Bonchev–Trinajstić information content (AvgIpc) is 2.50. The Kier molecular flexibility index (Phi) is 1.71. The number of ether oxygens (including phenoxy) is 1. The lowest BCUT2D eigenvalue weighted by Crippen LogP contribution is -2.45. The maximum absolute atomic E-state index is 8.76. The van der Waals surface area contributed by atoms with E-state index in [9.17, 15) is 0 Å². The molecule has 0 aromatic carbocycles. The van der Waals surface area contributed by atoms with Crippen LogP contribution in [0, 0.1) is 11.5 Å². The summed E-state index contributed by atoms with van der Waals surface area (Å²) in [5.74, 6) is 0. The Balaban J connectivity index is 2.08. The summed E-state index contributed by atoms with van der Waals surface area (Å²) in [6.07, 6.45) is 6.07. The molecule has 0 aromatic heterocycles. The summed E-state index contributed by atoms with van der Waals surface area (Å²) in [5.41, 5.74) is 0. The molecule has 0 N–H and O–H groups in total. The number of hydrogen-bond acceptors (Lipinski definition) is 3. The monoisotopic (exact) mass is 152 g/mol. The van der Waals surface area contributed by atoms with Crippen LogP contribution < -0.4 is 0 Å². The Labute approximate surface area is 66.5 Å². The van der Waals surface area contributed by atoms with Crippen molar-refractivity contribution in [2.45, 2.75) is 31.4 Å². The molecule has 0 spiro atoms. The molecule has 0 amide bonds. The third-order valence-corrected chi connectivity index (χ3v) is 2.61. The maximum Gasteiger partial charge on any atom is 0.179 e. The van der Waals surface area contributed by atoms with Gasteiger partial charge >= 0.3 is 0 Å². The number of fused-ring (bicyclic) bond motifs is 1. The van der Waals surface area contributed by atoms with Crippen LogP contribution in [0.5, 0.6) is 0 Å². The second kappa shape index (κ2) is 2.71. The highest BCUT2D eigenvalue weighted by molar-refractivity contribution is 4.94. The Morgan fingerprint density at radius 2 is 2.36 bits per heavy atom. The van der Waals surface area contributed by atoms with Crippen molar-refractivity contribution in [1.29, 1.82) is 5.26 Å². The van der Waals surface area contributed by atoms with E-state index in [1.807, 2.05) is 4.90 Å². The van der Waals surface area contributed by atoms with Gasteiger partial charge in [0.25, 0.3) is 0 Å². The van der Waals surface area contributed by atoms with E-state index in [1.54, 1.807) is 0 Å². The molecule has 1 saturated carbocycles. The third kappa shape index (κ3) is 1.08. The van der Waals surface area contributed by atoms with Crippen LogP contribution in [0.15, 0.2) is 0 Å². The van der Waals surface area contributed by atoms with E-state index in [4.69, 9.17) is 10.00 Å². The molecule has 2 unspecified atom stereocenters. The molecule has 1 aliphatic heterocycles. The molecule has 2 rings (SSSR count). The fourth-order valence-corrected chi connectivity index (χ4v) is 2.05. The Hall–Kier alpha value is -0.750. The summed E-state index contributed by atoms with van der Waals surface area (Å²) in [6.45, 7) is 1.52. The molecule has 0 aromatic rings. The molecule has 2 aliphatic rings. The lowest BCUT2D eigenvalue weighted by Gasteiger charge is -2.33. The van der Waals surface area contributed by atoms with Crippen molar-refractivity contribution in [3.63, 3.8) is 0 Å². The predicted octanol–water partition coefficient (Wildman–Crippen LogP) is 0.721. The van der Waals surface area contributed by atoms with Crippen LogP contribution in [0.3, 0.4) is 0 Å². The van der Waals surface area contributed by atoms with E-state index in [0.29, 0.717) is 12.1 Å². The molecule has 0 bridgehead atoms. The summed E-state index contributed by atoms with van der Waals surface area (Å²) in [4.78, 5) is 1.88. The normalized spacial score (nSPS) is 36.5. The quantitative estimate of drug-likeness (QED) is 0.480. The van der Waals surface area contributed by atoms with E-state index < -0.39 is 0 Å². The van der Waals surface area contributed by atoms with Crippen LogP contribution >= 0.6 is 0 Å². The minimum absolute atomic E-state index is 0.350. The molecule has 2 atom stereocenters. The predicted molar refractivity (Wildman–Crippen MR) is 39.7 cm³/mol. The number of rotatable bonds is 0. The van der Waals surface area contributed by atoms with E-state index in [1.165, 1.54) is 6.42 Å². The van der Waals surface area contributed by atoms with Gasteiger partial charge in [0.2, 0.25) is 0 Å². The molecule has 3 nitrogen and oxygen atoms in total. The van der Waals surface area contributed by atoms with Crippen LogP contribution in [0.2, 0.25) is 0 Å². The van der Waals surface area contributed by atoms with Gasteiger partial charge in [-0.15, -0.1) is 0 Å². The second-order valence-corrected chi connectivity index (χ2v) is 3.20. The summed E-state index contributed by atoms with van der Waals surface area (Å²) in [7, 11) is 0. The van der Waals surface area contributed by atoms with Crippen LogP contribution in [0.1, 0.15) is 19.3 Å². The first-order chi connectivity index (χ1) is 5.42. The zero-order chi connectivity index (χ0) is 7.68. The maximum atomic E-state index is 8.76. The van der Waals surface area contributed by atoms with Gasteiger partial charge in [0, 0.05) is 0 Å². The number of morpholine rings is 1. The summed E-state index contributed by atoms with van der Waals surface area (Å²) in [6, 6.07) is 0.397. The van der Waals surface area contributed by atoms with Gasteiger partial charge in [-0.1, -0.05) is 0 Å². The Morgan fingerprint density at radius 1 is 1.45 bits per heavy atom. The van der Waals surface area contributed by atoms with Crippen LogP contribution in [0.4, 0.5) is 0 Å². The zero-order valence-electron chi connectivity index (χ0n) is 6.49. The first-order valence-corrected chi connectivity index (χ1v) is 4.20. The van der Waals surface area contributed by atoms with Crippen LogP contribution in [-0.4, -0.2) is 30.2 Å². The highest BCUT2D eigenvalue weighted by atomic mass is 16.5. The van der Waals surface area contributed by atoms with Gasteiger partial charge in [-0.05, 0) is 19.3 Å². The number of hydrogen-bond donors (Lipinski definition) is 0. The standard InChI is InChI=1S/C8H12N2O/c9-6-10-4-5-11-8-3-1-2-7(8)10/h7-8H,1-5H2. The highest BCUT2D eigenvalue weighted by Crippen LogP contribution is 2.28. The summed E-state index contributed by atoms with van der Waals surface area (Å²) < 4.78 is 5.54. The van der Waals surface area contributed by atoms with Crippen molar-refractivity contribution >= 4 is 0 Å². The fourth-order valence-electron chi connectivity index (χ4n) is 2.05. The van der Waals surface area contributed by atoms with E-state index >= 15 is 0 Å². The van der Waals surface area contributed by atoms with Crippen LogP contribution in [0.25, 0.3) is 0 Å². The molecule has 2 fully saturated rings. The molecule has 1 heterocycles. The van der Waals surface area contributed by atoms with Gasteiger partial charge in [-0.25, -0.2) is 0 Å². The van der Waals surface area contributed by atoms with Crippen molar-refractivity contribution in [1.82, 2.24) is 4.90 Å². The van der Waals surface area contributed by atoms with Gasteiger partial charge < -0.3 is 9.64 Å². The third-order valence-electron chi connectivity index (χ3n) is 2.61. The summed E-state index contributed by atoms with van der Waals surface area (Å²) >= 11 is 0. The zero-order valence-corrected chi connectivity index (χ0v) is 6.49. The first kappa shape index (κ1) is 6.93. The second-order valence-electron chi connectivity index (χ2n) is 3.20. The van der Waals surface area contributed by atoms with Gasteiger partial charge in [-0.3, -0.25) is 0 Å². The van der Waals surface area contributed by atoms with Crippen molar-refractivity contribution in [3.05, 3.63) is 0 Å². The smallest absolute Gasteiger partial charge is 0.179 e. The van der Waals surface area contributed by atoms with Gasteiger partial charge in [-0.2, -0.15) is 5.26 Å². The number of nitriles is 1. The lowest BCUT2D eigenvalue weighted by molar-refractivity contribution is -0.0341. The molecular formula is C8H12N2O. The van der Waals surface area contributed by atoms with Crippen molar-refractivity contribution in [2.75, 3.05) is 13.2 Å². The average molecular weight is 152 g/mol. The summed E-state index contributed by atoms with van der Waals surface area (Å²) in [5, 5.41) is 8.76. The Morgan fingerprint density at radius 3 is 3.18 bits per heavy atom. The molecule has 1 aliphatic carbocycles. The number of nitrogens with zero attached hydrogens (tertiary/aromatic N) is 2. The topological polar surface area (TPSA) is 36.3 Å². The fraction of sp³-hybridized carbons (Fsp3) is 0.875. The van der Waals surface area contributed by atoms with Crippen LogP contribution in [-0.2, 0) is 4.74 Å². The minimum Gasteiger partial charge on any atom is -0.374 e. The SMILES string of the molecule is N#CN1CCOC2CCCC21. The lowest BCUT2D eigenvalue weighted by atomic mass is 10.1. The molecule has 11 heavy (non-hydrogen) atoms. The van der Waals surface area contributed by atoms with E-state index in [2.05, 4.69) is 6.19 Å². The molecule has 60 valence electrons. The van der Waals surface area contributed by atoms with E-state index in [-0.39, 0.29) is 0 Å². The van der Waals surface area contributed by atoms with Gasteiger partial charge in [0.1, 0.15) is 0 Å². The van der Waals surface area contributed by atoms with Crippen molar-refractivity contribution < 1.29 is 4.74 Å². The first-order valence-electron chi connectivity index (χ1n) is 4.20. The van der Waals surface area contributed by atoms with Gasteiger partial charge in [0.15, 0.2) is 6.19 Å².